The summed E-state index contributed by atoms with van der Waals surface area (Å²) in [5.41, 5.74) is 2.10. The molecule has 24 heavy (non-hydrogen) atoms. The molecule has 0 aromatic heterocycles. The molecule has 3 nitrogen and oxygen atoms in total. The molecular weight excluding hydrogens is 298 g/mol. The average molecular weight is 323 g/mol. The summed E-state index contributed by atoms with van der Waals surface area (Å²) in [5, 5.41) is 3.11. The van der Waals surface area contributed by atoms with Crippen molar-refractivity contribution in [3.8, 4) is 5.75 Å². The Kier molecular flexibility index (Phi) is 6.62. The van der Waals surface area contributed by atoms with Crippen molar-refractivity contribution < 1.29 is 9.53 Å². The van der Waals surface area contributed by atoms with E-state index >= 15 is 0 Å². The molecule has 0 saturated heterocycles. The quantitative estimate of drug-likeness (QED) is 0.756. The number of nitrogens with one attached hydrogen (secondary N) is 1. The van der Waals surface area contributed by atoms with E-state index in [1.807, 2.05) is 48.5 Å². The summed E-state index contributed by atoms with van der Waals surface area (Å²) in [4.78, 5) is 12.3. The van der Waals surface area contributed by atoms with E-state index < -0.39 is 0 Å². The minimum atomic E-state index is -0.0830. The third-order valence-electron chi connectivity index (χ3n) is 3.77. The zero-order valence-corrected chi connectivity index (χ0v) is 14.5. The molecule has 2 aromatic rings. The Morgan fingerprint density at radius 1 is 1.08 bits per heavy atom. The Morgan fingerprint density at radius 3 is 2.33 bits per heavy atom. The van der Waals surface area contributed by atoms with Gasteiger partial charge in [-0.25, -0.2) is 0 Å². The maximum absolute atomic E-state index is 12.3. The van der Waals surface area contributed by atoms with Crippen molar-refractivity contribution in [3.63, 3.8) is 0 Å². The summed E-state index contributed by atoms with van der Waals surface area (Å²) in [6, 6.07) is 17.7. The average Bonchev–Trinajstić information content (AvgIpc) is 2.60. The van der Waals surface area contributed by atoms with E-state index in [0.717, 1.165) is 23.3 Å². The smallest absolute Gasteiger partial charge is 0.244 e. The van der Waals surface area contributed by atoms with E-state index in [0.29, 0.717) is 5.92 Å². The lowest BCUT2D eigenvalue weighted by atomic mass is 9.97. The minimum absolute atomic E-state index is 0.0271. The Labute approximate surface area is 144 Å². The van der Waals surface area contributed by atoms with Gasteiger partial charge in [-0.15, -0.1) is 0 Å². The number of ether oxygens (including phenoxy) is 1. The summed E-state index contributed by atoms with van der Waals surface area (Å²) in [6.07, 6.45) is 4.30. The highest BCUT2D eigenvalue weighted by atomic mass is 16.5. The number of hydrogen-bond acceptors (Lipinski definition) is 2. The first-order valence-electron chi connectivity index (χ1n) is 8.26. The van der Waals surface area contributed by atoms with Crippen LogP contribution < -0.4 is 10.1 Å². The van der Waals surface area contributed by atoms with Gasteiger partial charge in [-0.1, -0.05) is 56.3 Å². The first kappa shape index (κ1) is 17.8. The van der Waals surface area contributed by atoms with Crippen molar-refractivity contribution >= 4 is 12.0 Å². The number of amides is 1. The van der Waals surface area contributed by atoms with Crippen LogP contribution in [0.2, 0.25) is 0 Å². The number of hydrogen-bond donors (Lipinski definition) is 1. The topological polar surface area (TPSA) is 38.3 Å². The lowest BCUT2D eigenvalue weighted by molar-refractivity contribution is -0.117. The predicted octanol–water partition coefficient (Wildman–Crippen LogP) is 4.61. The molecule has 0 radical (unpaired) electrons. The highest BCUT2D eigenvalue weighted by Crippen LogP contribution is 2.21. The zero-order chi connectivity index (χ0) is 17.4. The zero-order valence-electron chi connectivity index (χ0n) is 14.5. The van der Waals surface area contributed by atoms with Crippen LogP contribution in [-0.2, 0) is 4.79 Å². The molecule has 0 fully saturated rings. The molecule has 3 heteroatoms. The van der Waals surface area contributed by atoms with E-state index in [2.05, 4.69) is 31.3 Å². The summed E-state index contributed by atoms with van der Waals surface area (Å²) in [5.74, 6) is 1.22. The molecule has 1 amide bonds. The molecule has 0 saturated carbocycles. The third kappa shape index (κ3) is 5.58. The molecule has 0 unspecified atom stereocenters. The first-order valence-corrected chi connectivity index (χ1v) is 8.26. The van der Waals surface area contributed by atoms with Crippen LogP contribution in [0.5, 0.6) is 5.75 Å². The Balaban J connectivity index is 2.02. The summed E-state index contributed by atoms with van der Waals surface area (Å²) in [7, 11) is 1.64. The van der Waals surface area contributed by atoms with Crippen molar-refractivity contribution in [3.05, 3.63) is 71.8 Å². The minimum Gasteiger partial charge on any atom is -0.497 e. The molecule has 0 heterocycles. The summed E-state index contributed by atoms with van der Waals surface area (Å²) >= 11 is 0. The standard InChI is InChI=1S/C21H25NO2/c1-16(2)15-20(18-7-5-4-6-8-18)22-21(23)14-11-17-9-12-19(24-3)13-10-17/h4-14,16,20H,15H2,1-3H3,(H,22,23)/b14-11+/t20-/m0/s1. The predicted molar refractivity (Wildman–Crippen MR) is 98.8 cm³/mol. The molecule has 1 N–H and O–H groups in total. The van der Waals surface area contributed by atoms with Crippen LogP contribution in [0.1, 0.15) is 37.4 Å². The molecule has 0 aliphatic carbocycles. The second-order valence-corrected chi connectivity index (χ2v) is 6.21. The molecule has 1 atom stereocenters. The fraction of sp³-hybridized carbons (Fsp3) is 0.286. The monoisotopic (exact) mass is 323 g/mol. The normalized spacial score (nSPS) is 12.3. The molecular formula is C21H25NO2. The van der Waals surface area contributed by atoms with Gasteiger partial charge in [0.05, 0.1) is 13.2 Å². The lowest BCUT2D eigenvalue weighted by Crippen LogP contribution is -2.27. The summed E-state index contributed by atoms with van der Waals surface area (Å²) < 4.78 is 5.13. The number of benzene rings is 2. The van der Waals surface area contributed by atoms with Crippen molar-refractivity contribution in [2.24, 2.45) is 5.92 Å². The second kappa shape index (κ2) is 8.92. The first-order chi connectivity index (χ1) is 11.6. The Hall–Kier alpha value is -2.55. The van der Waals surface area contributed by atoms with Gasteiger partial charge in [0.15, 0.2) is 0 Å². The molecule has 0 aliphatic heterocycles. The molecule has 0 spiro atoms. The fourth-order valence-electron chi connectivity index (χ4n) is 2.54. The van der Waals surface area contributed by atoms with Gasteiger partial charge >= 0.3 is 0 Å². The maximum Gasteiger partial charge on any atom is 0.244 e. The van der Waals surface area contributed by atoms with Gasteiger partial charge in [0.25, 0.3) is 0 Å². The van der Waals surface area contributed by atoms with Crippen molar-refractivity contribution in [2.75, 3.05) is 7.11 Å². The van der Waals surface area contributed by atoms with E-state index in [-0.39, 0.29) is 11.9 Å². The molecule has 2 rings (SSSR count). The van der Waals surface area contributed by atoms with Gasteiger partial charge in [0.2, 0.25) is 5.91 Å². The third-order valence-corrected chi connectivity index (χ3v) is 3.77. The maximum atomic E-state index is 12.3. The van der Waals surface area contributed by atoms with Crippen LogP contribution >= 0.6 is 0 Å². The van der Waals surface area contributed by atoms with Gasteiger partial charge in [0.1, 0.15) is 5.75 Å². The van der Waals surface area contributed by atoms with Gasteiger partial charge in [0, 0.05) is 6.08 Å². The van der Waals surface area contributed by atoms with Crippen LogP contribution in [0, 0.1) is 5.92 Å². The number of rotatable bonds is 7. The van der Waals surface area contributed by atoms with Crippen LogP contribution in [0.15, 0.2) is 60.7 Å². The van der Waals surface area contributed by atoms with Gasteiger partial charge in [-0.05, 0) is 41.7 Å². The van der Waals surface area contributed by atoms with E-state index in [9.17, 15) is 4.79 Å². The van der Waals surface area contributed by atoms with Gasteiger partial charge in [-0.3, -0.25) is 4.79 Å². The van der Waals surface area contributed by atoms with Crippen LogP contribution in [0.3, 0.4) is 0 Å². The van der Waals surface area contributed by atoms with Crippen LogP contribution in [0.25, 0.3) is 6.08 Å². The van der Waals surface area contributed by atoms with Crippen molar-refractivity contribution in [1.29, 1.82) is 0 Å². The van der Waals surface area contributed by atoms with E-state index in [1.54, 1.807) is 13.2 Å². The van der Waals surface area contributed by atoms with Crippen molar-refractivity contribution in [1.82, 2.24) is 5.32 Å². The van der Waals surface area contributed by atoms with E-state index in [1.165, 1.54) is 0 Å². The van der Waals surface area contributed by atoms with Crippen molar-refractivity contribution in [2.45, 2.75) is 26.3 Å². The van der Waals surface area contributed by atoms with Crippen LogP contribution in [-0.4, -0.2) is 13.0 Å². The Bertz CT molecular complexity index is 660. The van der Waals surface area contributed by atoms with Crippen LogP contribution in [0.4, 0.5) is 0 Å². The summed E-state index contributed by atoms with van der Waals surface area (Å²) in [6.45, 7) is 4.32. The highest BCUT2D eigenvalue weighted by molar-refractivity contribution is 5.92. The van der Waals surface area contributed by atoms with Gasteiger partial charge in [-0.2, -0.15) is 0 Å². The van der Waals surface area contributed by atoms with E-state index in [4.69, 9.17) is 4.74 Å². The number of carbonyl (C=O) groups is 1. The largest absolute Gasteiger partial charge is 0.497 e. The lowest BCUT2D eigenvalue weighted by Gasteiger charge is -2.20. The Morgan fingerprint density at radius 2 is 1.75 bits per heavy atom. The number of carbonyl (C=O) groups excluding carboxylic acids is 1. The molecule has 0 aliphatic rings. The molecule has 126 valence electrons. The highest BCUT2D eigenvalue weighted by Gasteiger charge is 2.14. The molecule has 2 aromatic carbocycles. The SMILES string of the molecule is COc1ccc(/C=C/C(=O)N[C@@H](CC(C)C)c2ccccc2)cc1. The molecule has 0 bridgehead atoms. The van der Waals surface area contributed by atoms with Gasteiger partial charge < -0.3 is 10.1 Å². The number of methoxy groups -OCH3 is 1. The second-order valence-electron chi connectivity index (χ2n) is 6.21. The fourth-order valence-corrected chi connectivity index (χ4v) is 2.54.